The lowest BCUT2D eigenvalue weighted by atomic mass is 10.2. The molecule has 0 aliphatic carbocycles. The molecule has 2 N–H and O–H groups in total. The van der Waals surface area contributed by atoms with Crippen molar-refractivity contribution in [1.29, 1.82) is 0 Å². The van der Waals surface area contributed by atoms with Crippen LogP contribution in [0, 0.1) is 0 Å². The van der Waals surface area contributed by atoms with Crippen molar-refractivity contribution in [3.05, 3.63) is 65.7 Å². The molecule has 2 rings (SSSR count). The number of amides is 1. The van der Waals surface area contributed by atoms with Gasteiger partial charge in [0.15, 0.2) is 6.10 Å². The smallest absolute Gasteiger partial charge is 0.332 e. The van der Waals surface area contributed by atoms with Crippen LogP contribution in [0.1, 0.15) is 22.8 Å². The fourth-order valence-electron chi connectivity index (χ4n) is 2.02. The highest BCUT2D eigenvalue weighted by atomic mass is 16.5. The average molecular weight is 343 g/mol. The number of carboxylic acids is 1. The molecule has 0 saturated carbocycles. The molecule has 0 saturated heterocycles. The van der Waals surface area contributed by atoms with Crippen molar-refractivity contribution in [2.75, 3.05) is 13.2 Å². The monoisotopic (exact) mass is 343 g/mol. The third kappa shape index (κ3) is 6.27. The normalized spacial score (nSPS) is 11.6. The van der Waals surface area contributed by atoms with Gasteiger partial charge in [-0.3, -0.25) is 4.79 Å². The molecule has 0 spiro atoms. The molecule has 0 radical (unpaired) electrons. The second-order valence-corrected chi connectivity index (χ2v) is 5.41. The van der Waals surface area contributed by atoms with Gasteiger partial charge in [-0.15, -0.1) is 0 Å². The van der Waals surface area contributed by atoms with Crippen molar-refractivity contribution in [3.8, 4) is 5.75 Å². The standard InChI is InChI=1S/C19H21NO5/c1-14(19(22)23)24-12-11-20-18(21)16-7-9-17(10-8-16)25-13-15-5-3-2-4-6-15/h2-10,14H,11-13H2,1H3,(H,20,21)(H,22,23). The Hall–Kier alpha value is -2.86. The van der Waals surface area contributed by atoms with Gasteiger partial charge in [0.1, 0.15) is 12.4 Å². The van der Waals surface area contributed by atoms with Crippen LogP contribution in [0.25, 0.3) is 0 Å². The van der Waals surface area contributed by atoms with Gasteiger partial charge >= 0.3 is 5.97 Å². The highest BCUT2D eigenvalue weighted by Gasteiger charge is 2.11. The van der Waals surface area contributed by atoms with Crippen molar-refractivity contribution < 1.29 is 24.2 Å². The van der Waals surface area contributed by atoms with Crippen LogP contribution >= 0.6 is 0 Å². The van der Waals surface area contributed by atoms with Crippen molar-refractivity contribution in [1.82, 2.24) is 5.32 Å². The molecule has 0 aliphatic heterocycles. The summed E-state index contributed by atoms with van der Waals surface area (Å²) in [5.74, 6) is -0.599. The van der Waals surface area contributed by atoms with Crippen molar-refractivity contribution in [2.45, 2.75) is 19.6 Å². The predicted octanol–water partition coefficient (Wildman–Crippen LogP) is 2.49. The number of rotatable bonds is 9. The van der Waals surface area contributed by atoms with Crippen LogP contribution in [-0.2, 0) is 16.1 Å². The summed E-state index contributed by atoms with van der Waals surface area (Å²) < 4.78 is 10.7. The van der Waals surface area contributed by atoms with E-state index in [0.29, 0.717) is 17.9 Å². The van der Waals surface area contributed by atoms with E-state index in [9.17, 15) is 9.59 Å². The summed E-state index contributed by atoms with van der Waals surface area (Å²) in [6, 6.07) is 16.6. The predicted molar refractivity (Wildman–Crippen MR) is 92.6 cm³/mol. The van der Waals surface area contributed by atoms with E-state index in [1.807, 2.05) is 30.3 Å². The molecular weight excluding hydrogens is 322 g/mol. The third-order valence-corrected chi connectivity index (χ3v) is 3.47. The van der Waals surface area contributed by atoms with Crippen LogP contribution < -0.4 is 10.1 Å². The first kappa shape index (κ1) is 18.5. The summed E-state index contributed by atoms with van der Waals surface area (Å²) in [5.41, 5.74) is 1.57. The number of nitrogens with one attached hydrogen (secondary N) is 1. The number of carbonyl (C=O) groups is 2. The maximum absolute atomic E-state index is 12.0. The van der Waals surface area contributed by atoms with Gasteiger partial charge in [0, 0.05) is 12.1 Å². The lowest BCUT2D eigenvalue weighted by Crippen LogP contribution is -2.30. The molecule has 25 heavy (non-hydrogen) atoms. The van der Waals surface area contributed by atoms with E-state index < -0.39 is 12.1 Å². The zero-order chi connectivity index (χ0) is 18.1. The molecule has 0 bridgehead atoms. The van der Waals surface area contributed by atoms with Gasteiger partial charge in [-0.05, 0) is 36.8 Å². The zero-order valence-electron chi connectivity index (χ0n) is 14.0. The second-order valence-electron chi connectivity index (χ2n) is 5.41. The summed E-state index contributed by atoms with van der Waals surface area (Å²) in [7, 11) is 0. The van der Waals surface area contributed by atoms with E-state index in [2.05, 4.69) is 5.32 Å². The quantitative estimate of drug-likeness (QED) is 0.683. The highest BCUT2D eigenvalue weighted by Crippen LogP contribution is 2.14. The molecule has 2 aromatic rings. The van der Waals surface area contributed by atoms with Crippen LogP contribution in [0.2, 0.25) is 0 Å². The number of carboxylic acid groups (broad SMARTS) is 1. The van der Waals surface area contributed by atoms with E-state index in [-0.39, 0.29) is 19.1 Å². The van der Waals surface area contributed by atoms with E-state index in [4.69, 9.17) is 14.6 Å². The Balaban J connectivity index is 1.75. The summed E-state index contributed by atoms with van der Waals surface area (Å²) in [6.45, 7) is 2.28. The molecule has 0 fully saturated rings. The summed E-state index contributed by atoms with van der Waals surface area (Å²) >= 11 is 0. The van der Waals surface area contributed by atoms with E-state index in [1.54, 1.807) is 24.3 Å². The van der Waals surface area contributed by atoms with Gasteiger partial charge in [0.2, 0.25) is 0 Å². The molecule has 6 heteroatoms. The average Bonchev–Trinajstić information content (AvgIpc) is 2.64. The first-order valence-corrected chi connectivity index (χ1v) is 7.95. The van der Waals surface area contributed by atoms with Crippen LogP contribution in [0.5, 0.6) is 5.75 Å². The minimum atomic E-state index is -1.03. The first-order valence-electron chi connectivity index (χ1n) is 7.95. The number of benzene rings is 2. The Morgan fingerprint density at radius 1 is 1.08 bits per heavy atom. The Morgan fingerprint density at radius 2 is 1.76 bits per heavy atom. The number of ether oxygens (including phenoxy) is 2. The molecule has 0 heterocycles. The number of aliphatic carboxylic acids is 1. The second kappa shape index (κ2) is 9.44. The lowest BCUT2D eigenvalue weighted by Gasteiger charge is -2.10. The van der Waals surface area contributed by atoms with E-state index in [0.717, 1.165) is 5.56 Å². The Morgan fingerprint density at radius 3 is 2.40 bits per heavy atom. The first-order chi connectivity index (χ1) is 12.1. The largest absolute Gasteiger partial charge is 0.489 e. The van der Waals surface area contributed by atoms with Crippen molar-refractivity contribution in [2.24, 2.45) is 0 Å². The Kier molecular flexibility index (Phi) is 6.98. The van der Waals surface area contributed by atoms with Gasteiger partial charge in [-0.1, -0.05) is 30.3 Å². The molecular formula is C19H21NO5. The zero-order valence-corrected chi connectivity index (χ0v) is 14.0. The fourth-order valence-corrected chi connectivity index (χ4v) is 2.02. The van der Waals surface area contributed by atoms with Crippen molar-refractivity contribution >= 4 is 11.9 Å². The van der Waals surface area contributed by atoms with Gasteiger partial charge < -0.3 is 19.9 Å². The molecule has 2 aromatic carbocycles. The fraction of sp³-hybridized carbons (Fsp3) is 0.263. The van der Waals surface area contributed by atoms with Crippen LogP contribution in [0.4, 0.5) is 0 Å². The van der Waals surface area contributed by atoms with Gasteiger partial charge in [-0.25, -0.2) is 4.79 Å². The summed E-state index contributed by atoms with van der Waals surface area (Å²) in [4.78, 5) is 22.6. The van der Waals surface area contributed by atoms with Crippen LogP contribution in [0.3, 0.4) is 0 Å². The maximum atomic E-state index is 12.0. The SMILES string of the molecule is CC(OCCNC(=O)c1ccc(OCc2ccccc2)cc1)C(=O)O. The third-order valence-electron chi connectivity index (χ3n) is 3.47. The van der Waals surface area contributed by atoms with Gasteiger partial charge in [-0.2, -0.15) is 0 Å². The van der Waals surface area contributed by atoms with Gasteiger partial charge in [0.05, 0.1) is 6.61 Å². The topological polar surface area (TPSA) is 84.9 Å². The molecule has 6 nitrogen and oxygen atoms in total. The Labute approximate surface area is 146 Å². The van der Waals surface area contributed by atoms with E-state index in [1.165, 1.54) is 6.92 Å². The highest BCUT2D eigenvalue weighted by molar-refractivity contribution is 5.94. The molecule has 0 aliphatic rings. The minimum absolute atomic E-state index is 0.136. The maximum Gasteiger partial charge on any atom is 0.332 e. The Bertz CT molecular complexity index is 685. The molecule has 0 aromatic heterocycles. The molecule has 1 unspecified atom stereocenters. The summed E-state index contributed by atoms with van der Waals surface area (Å²) in [5, 5.41) is 11.4. The number of hydrogen-bond acceptors (Lipinski definition) is 4. The number of hydrogen-bond donors (Lipinski definition) is 2. The van der Waals surface area contributed by atoms with E-state index >= 15 is 0 Å². The molecule has 132 valence electrons. The molecule has 1 atom stereocenters. The van der Waals surface area contributed by atoms with Crippen LogP contribution in [0.15, 0.2) is 54.6 Å². The van der Waals surface area contributed by atoms with Crippen LogP contribution in [-0.4, -0.2) is 36.2 Å². The molecule has 1 amide bonds. The van der Waals surface area contributed by atoms with Crippen molar-refractivity contribution in [3.63, 3.8) is 0 Å². The lowest BCUT2D eigenvalue weighted by molar-refractivity contribution is -0.148. The number of carbonyl (C=O) groups excluding carboxylic acids is 1. The summed E-state index contributed by atoms with van der Waals surface area (Å²) in [6.07, 6.45) is -0.891. The van der Waals surface area contributed by atoms with Gasteiger partial charge in [0.25, 0.3) is 5.91 Å². The minimum Gasteiger partial charge on any atom is -0.489 e.